The summed E-state index contributed by atoms with van der Waals surface area (Å²) < 4.78 is 0.974. The van der Waals surface area contributed by atoms with Gasteiger partial charge in [0.25, 0.3) is 0 Å². The lowest BCUT2D eigenvalue weighted by molar-refractivity contribution is 0.573. The van der Waals surface area contributed by atoms with Gasteiger partial charge in [-0.15, -0.1) is 13.2 Å². The van der Waals surface area contributed by atoms with Crippen LogP contribution in [0.5, 0.6) is 0 Å². The van der Waals surface area contributed by atoms with E-state index in [0.717, 1.165) is 51.6 Å². The van der Waals surface area contributed by atoms with Crippen LogP contribution in [0, 0.1) is 5.92 Å². The van der Waals surface area contributed by atoms with Crippen molar-refractivity contribution in [1.29, 1.82) is 0 Å². The minimum Gasteiger partial charge on any atom is -0.366 e. The predicted molar refractivity (Wildman–Crippen MR) is 147 cm³/mol. The lowest BCUT2D eigenvalue weighted by Gasteiger charge is -2.18. The fraction of sp³-hybridized carbons (Fsp3) is 0.308. The minimum absolute atomic E-state index is 0.0211. The molecule has 0 aliphatic heterocycles. The summed E-state index contributed by atoms with van der Waals surface area (Å²) in [6.45, 7) is 17.1. The molecule has 5 nitrogen and oxygen atoms in total. The summed E-state index contributed by atoms with van der Waals surface area (Å²) in [7, 11) is 0. The van der Waals surface area contributed by atoms with E-state index in [1.54, 1.807) is 17.5 Å². The van der Waals surface area contributed by atoms with Crippen molar-refractivity contribution < 1.29 is 0 Å². The van der Waals surface area contributed by atoms with Crippen molar-refractivity contribution >= 4 is 38.0 Å². The molecule has 1 aromatic carbocycles. The standard InChI is InChI=1S/C24H30N4OS2.C2H4/c1-5-7-10-19(17(4)25-6-2)16(3)9-8-13-26-23-27-15-22(30-23)18-11-12-20-21(14-18)31-24(29)28-20;1-2/h5-7,11-12,14-16,25H,2,8-10,13H2,1,3-4H3,(H,26,27)(H,28,29);1-2H2/b7-5-,19-17-;. The van der Waals surface area contributed by atoms with Crippen molar-refractivity contribution in [2.75, 3.05) is 11.9 Å². The molecule has 0 aliphatic carbocycles. The van der Waals surface area contributed by atoms with Gasteiger partial charge in [0.1, 0.15) is 0 Å². The van der Waals surface area contributed by atoms with Crippen LogP contribution in [0.4, 0.5) is 5.13 Å². The van der Waals surface area contributed by atoms with Gasteiger partial charge < -0.3 is 15.6 Å². The number of aromatic amines is 1. The zero-order chi connectivity index (χ0) is 24.2. The summed E-state index contributed by atoms with van der Waals surface area (Å²) in [4.78, 5) is 20.0. The highest BCUT2D eigenvalue weighted by molar-refractivity contribution is 7.19. The summed E-state index contributed by atoms with van der Waals surface area (Å²) >= 11 is 2.88. The van der Waals surface area contributed by atoms with Crippen molar-refractivity contribution in [1.82, 2.24) is 15.3 Å². The summed E-state index contributed by atoms with van der Waals surface area (Å²) in [5.41, 5.74) is 4.60. The van der Waals surface area contributed by atoms with E-state index in [1.165, 1.54) is 22.6 Å². The summed E-state index contributed by atoms with van der Waals surface area (Å²) in [5, 5.41) is 7.64. The van der Waals surface area contributed by atoms with Gasteiger partial charge in [-0.2, -0.15) is 0 Å². The molecule has 0 aliphatic rings. The Labute approximate surface area is 204 Å². The maximum atomic E-state index is 11.5. The van der Waals surface area contributed by atoms with E-state index in [0.29, 0.717) is 5.92 Å². The Kier molecular flexibility index (Phi) is 10.9. The average molecular weight is 483 g/mol. The van der Waals surface area contributed by atoms with Crippen LogP contribution in [0.15, 0.2) is 78.5 Å². The molecule has 1 unspecified atom stereocenters. The molecule has 3 aromatic rings. The molecule has 2 heterocycles. The average Bonchev–Trinajstić information content (AvgIpc) is 3.43. The fourth-order valence-corrected chi connectivity index (χ4v) is 5.19. The maximum Gasteiger partial charge on any atom is 0.305 e. The Hall–Kier alpha value is -2.90. The van der Waals surface area contributed by atoms with Gasteiger partial charge >= 0.3 is 4.87 Å². The molecule has 0 radical (unpaired) electrons. The molecule has 2 aromatic heterocycles. The van der Waals surface area contributed by atoms with Crippen molar-refractivity contribution in [2.24, 2.45) is 5.92 Å². The Bertz CT molecular complexity index is 1150. The Morgan fingerprint density at radius 3 is 2.82 bits per heavy atom. The van der Waals surface area contributed by atoms with Gasteiger partial charge in [0, 0.05) is 18.4 Å². The largest absolute Gasteiger partial charge is 0.366 e. The predicted octanol–water partition coefficient (Wildman–Crippen LogP) is 7.32. The molecule has 0 bridgehead atoms. The number of hydrogen-bond acceptors (Lipinski definition) is 6. The van der Waals surface area contributed by atoms with Gasteiger partial charge in [-0.05, 0) is 68.5 Å². The number of anilines is 1. The second kappa shape index (κ2) is 13.6. The van der Waals surface area contributed by atoms with Crippen LogP contribution in [0.3, 0.4) is 0 Å². The van der Waals surface area contributed by atoms with E-state index in [9.17, 15) is 4.79 Å². The fourth-order valence-electron chi connectivity index (χ4n) is 3.58. The molecule has 0 spiro atoms. The monoisotopic (exact) mass is 482 g/mol. The molecule has 0 saturated heterocycles. The number of nitrogens with one attached hydrogen (secondary N) is 3. The smallest absolute Gasteiger partial charge is 0.305 e. The van der Waals surface area contributed by atoms with Crippen LogP contribution in [-0.2, 0) is 0 Å². The summed E-state index contributed by atoms with van der Waals surface area (Å²) in [6.07, 6.45) is 11.1. The maximum absolute atomic E-state index is 11.5. The van der Waals surface area contributed by atoms with Crippen LogP contribution in [0.25, 0.3) is 20.7 Å². The van der Waals surface area contributed by atoms with E-state index < -0.39 is 0 Å². The van der Waals surface area contributed by atoms with Crippen molar-refractivity contribution in [3.05, 3.63) is 83.4 Å². The first kappa shape index (κ1) is 26.4. The SMILES string of the molecule is C=C.C=CN/C(C)=C(/C/C=C\C)C(C)CCCNc1ncc(-c2ccc3[nH]c(=O)sc3c2)s1. The Morgan fingerprint density at radius 1 is 1.30 bits per heavy atom. The number of allylic oxidation sites excluding steroid dienone is 4. The Morgan fingerprint density at radius 2 is 2.09 bits per heavy atom. The second-order valence-electron chi connectivity index (χ2n) is 7.50. The first-order chi connectivity index (χ1) is 16.0. The van der Waals surface area contributed by atoms with Crippen LogP contribution < -0.4 is 15.5 Å². The third-order valence-corrected chi connectivity index (χ3v) is 7.12. The van der Waals surface area contributed by atoms with Crippen molar-refractivity contribution in [3.63, 3.8) is 0 Å². The molecule has 176 valence electrons. The number of benzene rings is 1. The van der Waals surface area contributed by atoms with Gasteiger partial charge in [-0.1, -0.05) is 54.4 Å². The van der Waals surface area contributed by atoms with E-state index >= 15 is 0 Å². The molecule has 0 amide bonds. The summed E-state index contributed by atoms with van der Waals surface area (Å²) in [6, 6.07) is 6.04. The van der Waals surface area contributed by atoms with Crippen LogP contribution in [0.1, 0.15) is 40.0 Å². The normalized spacial score (nSPS) is 12.7. The molecule has 1 atom stereocenters. The highest BCUT2D eigenvalue weighted by atomic mass is 32.1. The molecule has 3 rings (SSSR count). The van der Waals surface area contributed by atoms with E-state index in [1.807, 2.05) is 18.3 Å². The van der Waals surface area contributed by atoms with Crippen molar-refractivity contribution in [3.8, 4) is 10.4 Å². The van der Waals surface area contributed by atoms with Crippen LogP contribution >= 0.6 is 22.7 Å². The van der Waals surface area contributed by atoms with Gasteiger partial charge in [-0.3, -0.25) is 4.79 Å². The third kappa shape index (κ3) is 7.58. The molecule has 3 N–H and O–H groups in total. The first-order valence-corrected chi connectivity index (χ1v) is 12.7. The number of H-pyrrole nitrogens is 1. The number of nitrogens with zero attached hydrogens (tertiary/aromatic N) is 1. The lowest BCUT2D eigenvalue weighted by atomic mass is 9.91. The first-order valence-electron chi connectivity index (χ1n) is 11.0. The molecule has 33 heavy (non-hydrogen) atoms. The highest BCUT2D eigenvalue weighted by Crippen LogP contribution is 2.31. The van der Waals surface area contributed by atoms with Crippen LogP contribution in [0.2, 0.25) is 0 Å². The Balaban J connectivity index is 0.00000187. The number of hydrogen-bond donors (Lipinski definition) is 3. The molecule has 7 heteroatoms. The quantitative estimate of drug-likeness (QED) is 0.198. The molecular formula is C26H34N4OS2. The van der Waals surface area contributed by atoms with E-state index in [4.69, 9.17) is 0 Å². The number of rotatable bonds is 11. The molecular weight excluding hydrogens is 448 g/mol. The van der Waals surface area contributed by atoms with E-state index in [2.05, 4.69) is 79.3 Å². The number of aromatic nitrogens is 2. The highest BCUT2D eigenvalue weighted by Gasteiger charge is 2.11. The van der Waals surface area contributed by atoms with Gasteiger partial charge in [0.15, 0.2) is 5.13 Å². The third-order valence-electron chi connectivity index (χ3n) is 5.27. The van der Waals surface area contributed by atoms with E-state index in [-0.39, 0.29) is 4.87 Å². The minimum atomic E-state index is -0.0211. The zero-order valence-corrected chi connectivity index (χ0v) is 21.4. The molecule has 0 fully saturated rings. The molecule has 0 saturated carbocycles. The zero-order valence-electron chi connectivity index (χ0n) is 19.7. The van der Waals surface area contributed by atoms with Gasteiger partial charge in [0.2, 0.25) is 0 Å². The second-order valence-corrected chi connectivity index (χ2v) is 9.54. The lowest BCUT2D eigenvalue weighted by Crippen LogP contribution is -2.11. The van der Waals surface area contributed by atoms with Gasteiger partial charge in [-0.25, -0.2) is 4.98 Å². The van der Waals surface area contributed by atoms with Gasteiger partial charge in [0.05, 0.1) is 15.1 Å². The summed E-state index contributed by atoms with van der Waals surface area (Å²) in [5.74, 6) is 0.498. The van der Waals surface area contributed by atoms with Crippen LogP contribution in [-0.4, -0.2) is 16.5 Å². The number of fused-ring (bicyclic) bond motifs is 1. The topological polar surface area (TPSA) is 69.8 Å². The number of thiazole rings is 2. The van der Waals surface area contributed by atoms with Crippen molar-refractivity contribution in [2.45, 2.75) is 40.0 Å².